The first-order chi connectivity index (χ1) is 12.1. The van der Waals surface area contributed by atoms with Crippen LogP contribution in [0.25, 0.3) is 0 Å². The van der Waals surface area contributed by atoms with Crippen LogP contribution in [-0.4, -0.2) is 31.9 Å². The minimum atomic E-state index is -4.02. The van der Waals surface area contributed by atoms with Gasteiger partial charge >= 0.3 is 5.97 Å². The van der Waals surface area contributed by atoms with Crippen LogP contribution >= 0.6 is 0 Å². The minimum Gasteiger partial charge on any atom is -0.481 e. The van der Waals surface area contributed by atoms with E-state index in [1.165, 1.54) is 6.92 Å². The molecule has 140 valence electrons. The Morgan fingerprint density at radius 2 is 1.88 bits per heavy atom. The molecule has 0 radical (unpaired) electrons. The second-order valence-electron chi connectivity index (χ2n) is 5.87. The number of hydrogen-bond acceptors (Lipinski definition) is 5. The summed E-state index contributed by atoms with van der Waals surface area (Å²) in [5.74, 6) is -2.07. The van der Waals surface area contributed by atoms with E-state index >= 15 is 0 Å². The van der Waals surface area contributed by atoms with Gasteiger partial charge in [-0.3, -0.25) is 9.59 Å². The minimum absolute atomic E-state index is 0.0132. The van der Waals surface area contributed by atoms with E-state index in [1.807, 2.05) is 0 Å². The molecule has 1 aromatic carbocycles. The molecular formula is C17H20N2O6S. The normalized spacial score (nSPS) is 13.8. The fourth-order valence-electron chi connectivity index (χ4n) is 2.72. The van der Waals surface area contributed by atoms with E-state index < -0.39 is 27.3 Å². The molecule has 2 aromatic rings. The summed E-state index contributed by atoms with van der Waals surface area (Å²) in [6.45, 7) is 2.89. The third-order valence-electron chi connectivity index (χ3n) is 4.29. The van der Waals surface area contributed by atoms with E-state index in [1.54, 1.807) is 37.3 Å². The van der Waals surface area contributed by atoms with Gasteiger partial charge in [0.15, 0.2) is 5.76 Å². The van der Waals surface area contributed by atoms with Gasteiger partial charge < -0.3 is 14.8 Å². The number of aliphatic carboxylic acids is 1. The molecule has 0 bridgehead atoms. The number of carboxylic acid groups (broad SMARTS) is 1. The molecule has 0 aliphatic heterocycles. The van der Waals surface area contributed by atoms with Crippen molar-refractivity contribution in [3.8, 4) is 0 Å². The summed E-state index contributed by atoms with van der Waals surface area (Å²) in [7, 11) is -4.02. The summed E-state index contributed by atoms with van der Waals surface area (Å²) < 4.78 is 28.0. The molecular weight excluding hydrogens is 360 g/mol. The van der Waals surface area contributed by atoms with Gasteiger partial charge in [-0.15, -0.1) is 0 Å². The van der Waals surface area contributed by atoms with Crippen LogP contribution in [0.4, 0.5) is 0 Å². The monoisotopic (exact) mass is 380 g/mol. The number of rotatable bonds is 7. The van der Waals surface area contributed by atoms with Gasteiger partial charge in [-0.2, -0.15) is 0 Å². The van der Waals surface area contributed by atoms with Crippen LogP contribution in [0.15, 0.2) is 45.7 Å². The molecule has 0 aliphatic carbocycles. The molecule has 1 heterocycles. The lowest BCUT2D eigenvalue weighted by Gasteiger charge is -2.28. The molecule has 26 heavy (non-hydrogen) atoms. The van der Waals surface area contributed by atoms with E-state index in [9.17, 15) is 23.1 Å². The van der Waals surface area contributed by atoms with Crippen molar-refractivity contribution in [2.75, 3.05) is 6.54 Å². The van der Waals surface area contributed by atoms with Crippen molar-refractivity contribution < 1.29 is 27.5 Å². The van der Waals surface area contributed by atoms with E-state index in [2.05, 4.69) is 5.32 Å². The quantitative estimate of drug-likeness (QED) is 0.663. The molecule has 0 fully saturated rings. The van der Waals surface area contributed by atoms with Crippen LogP contribution in [-0.2, 0) is 20.2 Å². The van der Waals surface area contributed by atoms with Crippen molar-refractivity contribution in [2.24, 2.45) is 5.14 Å². The predicted molar refractivity (Wildman–Crippen MR) is 93.2 cm³/mol. The zero-order valence-electron chi connectivity index (χ0n) is 14.4. The molecule has 8 nitrogen and oxygen atoms in total. The van der Waals surface area contributed by atoms with Gasteiger partial charge in [-0.1, -0.05) is 37.3 Å². The number of carbonyl (C=O) groups is 2. The van der Waals surface area contributed by atoms with Crippen LogP contribution < -0.4 is 10.5 Å². The number of primary sulfonamides is 1. The molecule has 1 unspecified atom stereocenters. The fourth-order valence-corrected chi connectivity index (χ4v) is 3.43. The van der Waals surface area contributed by atoms with E-state index in [-0.39, 0.29) is 29.4 Å². The van der Waals surface area contributed by atoms with Crippen LogP contribution in [0, 0.1) is 6.92 Å². The van der Waals surface area contributed by atoms with Gasteiger partial charge in [0, 0.05) is 12.6 Å². The molecule has 0 spiro atoms. The third-order valence-corrected chi connectivity index (χ3v) is 5.31. The van der Waals surface area contributed by atoms with Crippen molar-refractivity contribution in [1.82, 2.24) is 5.32 Å². The van der Waals surface area contributed by atoms with E-state index in [0.29, 0.717) is 5.56 Å². The van der Waals surface area contributed by atoms with Crippen LogP contribution in [0.2, 0.25) is 0 Å². The highest BCUT2D eigenvalue weighted by molar-refractivity contribution is 7.89. The maximum absolute atomic E-state index is 12.3. The Kier molecular flexibility index (Phi) is 5.53. The summed E-state index contributed by atoms with van der Waals surface area (Å²) in [6.07, 6.45) is 0.242. The molecule has 1 aromatic heterocycles. The maximum Gasteiger partial charge on any atom is 0.315 e. The molecule has 1 atom stereocenters. The SMILES string of the molecule is CCC(CNC(=O)c1cc(S(N)(=O)=O)c(C)o1)(C(=O)O)c1ccccc1. The molecule has 2 rings (SSSR count). The Labute approximate surface area is 151 Å². The Balaban J connectivity index is 2.27. The molecule has 0 saturated carbocycles. The van der Waals surface area contributed by atoms with Crippen molar-refractivity contribution in [2.45, 2.75) is 30.6 Å². The zero-order valence-corrected chi connectivity index (χ0v) is 15.2. The highest BCUT2D eigenvalue weighted by Crippen LogP contribution is 2.28. The fraction of sp³-hybridized carbons (Fsp3) is 0.294. The van der Waals surface area contributed by atoms with E-state index in [0.717, 1.165) is 6.07 Å². The highest BCUT2D eigenvalue weighted by atomic mass is 32.2. The Bertz CT molecular complexity index is 920. The first kappa shape index (κ1) is 19.7. The topological polar surface area (TPSA) is 140 Å². The Morgan fingerprint density at radius 1 is 1.27 bits per heavy atom. The number of furan rings is 1. The summed E-state index contributed by atoms with van der Waals surface area (Å²) in [5, 5.41) is 17.3. The second-order valence-corrected chi connectivity index (χ2v) is 7.40. The molecule has 0 saturated heterocycles. The number of sulfonamides is 1. The smallest absolute Gasteiger partial charge is 0.315 e. The zero-order chi connectivity index (χ0) is 19.5. The summed E-state index contributed by atoms with van der Waals surface area (Å²) >= 11 is 0. The largest absolute Gasteiger partial charge is 0.481 e. The maximum atomic E-state index is 12.3. The number of aryl methyl sites for hydroxylation is 1. The Morgan fingerprint density at radius 3 is 2.35 bits per heavy atom. The van der Waals surface area contributed by atoms with Gasteiger partial charge in [0.2, 0.25) is 10.0 Å². The lowest BCUT2D eigenvalue weighted by molar-refractivity contribution is -0.143. The molecule has 1 amide bonds. The van der Waals surface area contributed by atoms with Crippen molar-refractivity contribution in [1.29, 1.82) is 0 Å². The average molecular weight is 380 g/mol. The van der Waals surface area contributed by atoms with Gasteiger partial charge in [-0.25, -0.2) is 13.6 Å². The number of carbonyl (C=O) groups excluding carboxylic acids is 1. The average Bonchev–Trinajstić information content (AvgIpc) is 2.98. The standard InChI is InChI=1S/C17H20N2O6S/c1-3-17(16(21)22,12-7-5-4-6-8-12)10-19-15(20)13-9-14(11(2)25-13)26(18,23)24/h4-9H,3,10H2,1-2H3,(H,19,20)(H,21,22)(H2,18,23,24). The molecule has 0 aliphatic rings. The van der Waals surface area contributed by atoms with Gasteiger partial charge in [0.25, 0.3) is 5.91 Å². The highest BCUT2D eigenvalue weighted by Gasteiger charge is 2.39. The van der Waals surface area contributed by atoms with Crippen molar-refractivity contribution in [3.05, 3.63) is 53.5 Å². The lowest BCUT2D eigenvalue weighted by atomic mass is 9.78. The van der Waals surface area contributed by atoms with Crippen LogP contribution in [0.3, 0.4) is 0 Å². The third kappa shape index (κ3) is 3.78. The molecule has 4 N–H and O–H groups in total. The first-order valence-electron chi connectivity index (χ1n) is 7.82. The van der Waals surface area contributed by atoms with Crippen molar-refractivity contribution in [3.63, 3.8) is 0 Å². The van der Waals surface area contributed by atoms with Crippen LogP contribution in [0.1, 0.15) is 35.2 Å². The van der Waals surface area contributed by atoms with Crippen molar-refractivity contribution >= 4 is 21.9 Å². The predicted octanol–water partition coefficient (Wildman–Crippen LogP) is 1.40. The van der Waals surface area contributed by atoms with Gasteiger partial charge in [0.1, 0.15) is 16.1 Å². The number of carboxylic acids is 1. The number of nitrogens with one attached hydrogen (secondary N) is 1. The summed E-state index contributed by atoms with van der Waals surface area (Å²) in [5.41, 5.74) is -0.766. The number of benzene rings is 1. The number of nitrogens with two attached hydrogens (primary N) is 1. The number of amides is 1. The Hall–Kier alpha value is -2.65. The lowest BCUT2D eigenvalue weighted by Crippen LogP contribution is -2.46. The second kappa shape index (κ2) is 7.30. The van der Waals surface area contributed by atoms with E-state index in [4.69, 9.17) is 9.56 Å². The summed E-state index contributed by atoms with van der Waals surface area (Å²) in [4.78, 5) is 24.0. The number of hydrogen-bond donors (Lipinski definition) is 3. The molecule has 9 heteroatoms. The van der Waals surface area contributed by atoms with Gasteiger partial charge in [-0.05, 0) is 18.9 Å². The van der Waals surface area contributed by atoms with Gasteiger partial charge in [0.05, 0.1) is 0 Å². The first-order valence-corrected chi connectivity index (χ1v) is 9.37. The van der Waals surface area contributed by atoms with Crippen LogP contribution in [0.5, 0.6) is 0 Å². The summed E-state index contributed by atoms with van der Waals surface area (Å²) in [6, 6.07) is 9.60.